The molecule has 1 amide bonds. The number of β-amino-alcohol motifs (C(OH)–C–C–N with tert-alkyl or cyclic N) is 1. The van der Waals surface area contributed by atoms with E-state index in [1.807, 2.05) is 0 Å². The van der Waals surface area contributed by atoms with Crippen molar-refractivity contribution >= 4 is 22.0 Å². The molecule has 0 bridgehead atoms. The lowest BCUT2D eigenvalue weighted by Crippen LogP contribution is -2.32. The number of rotatable bonds is 1. The van der Waals surface area contributed by atoms with Crippen LogP contribution in [0.1, 0.15) is 18.0 Å². The third kappa shape index (κ3) is 2.20. The Balaban J connectivity index is 2.42. The van der Waals surface area contributed by atoms with Gasteiger partial charge in [0.25, 0.3) is 0 Å². The van der Waals surface area contributed by atoms with E-state index in [9.17, 15) is 14.7 Å². The molecule has 0 radical (unpaired) electrons. The average Bonchev–Trinajstić information content (AvgIpc) is 2.64. The number of amides is 1. The summed E-state index contributed by atoms with van der Waals surface area (Å²) in [6.45, 7) is 0.0337. The Morgan fingerprint density at radius 3 is 2.88 bits per heavy atom. The van der Waals surface area contributed by atoms with Crippen molar-refractivity contribution in [1.82, 2.24) is 9.88 Å². The molecule has 1 aromatic rings. The van der Waals surface area contributed by atoms with Gasteiger partial charge in [0.2, 0.25) is 5.43 Å². The van der Waals surface area contributed by atoms with E-state index >= 15 is 0 Å². The molecule has 0 aromatic carbocycles. The van der Waals surface area contributed by atoms with Gasteiger partial charge in [-0.1, -0.05) is 0 Å². The van der Waals surface area contributed by atoms with Crippen molar-refractivity contribution in [2.45, 2.75) is 18.6 Å². The maximum absolute atomic E-state index is 11.9. The maximum Gasteiger partial charge on any atom is 0.407 e. The number of pyridine rings is 1. The van der Waals surface area contributed by atoms with Gasteiger partial charge in [-0.25, -0.2) is 4.79 Å². The van der Waals surface area contributed by atoms with Gasteiger partial charge in [-0.2, -0.15) is 0 Å². The summed E-state index contributed by atoms with van der Waals surface area (Å²) in [5, 5.41) is 18.5. The van der Waals surface area contributed by atoms with Crippen molar-refractivity contribution in [2.24, 2.45) is 0 Å². The third-order valence-electron chi connectivity index (χ3n) is 2.81. The first-order valence-corrected chi connectivity index (χ1v) is 5.84. The smallest absolute Gasteiger partial charge is 0.407 e. The summed E-state index contributed by atoms with van der Waals surface area (Å²) < 4.78 is 0.349. The van der Waals surface area contributed by atoms with Crippen molar-refractivity contribution in [3.05, 3.63) is 32.7 Å². The number of carbonyl (C=O) groups is 1. The number of hydrogen-bond donors (Lipinski definition) is 3. The number of halogens is 1. The molecule has 1 fully saturated rings. The third-order valence-corrected chi connectivity index (χ3v) is 3.40. The molecule has 17 heavy (non-hydrogen) atoms. The van der Waals surface area contributed by atoms with Gasteiger partial charge in [-0.15, -0.1) is 0 Å². The summed E-state index contributed by atoms with van der Waals surface area (Å²) in [5.41, 5.74) is 0.0902. The van der Waals surface area contributed by atoms with Crippen LogP contribution in [0, 0.1) is 0 Å². The Morgan fingerprint density at radius 1 is 1.53 bits per heavy atom. The second-order valence-corrected chi connectivity index (χ2v) is 4.78. The maximum atomic E-state index is 11.9. The van der Waals surface area contributed by atoms with E-state index in [1.165, 1.54) is 12.4 Å². The first kappa shape index (κ1) is 12.1. The molecule has 0 spiro atoms. The van der Waals surface area contributed by atoms with Crippen molar-refractivity contribution in [2.75, 3.05) is 6.54 Å². The van der Waals surface area contributed by atoms with Crippen LogP contribution in [0.3, 0.4) is 0 Å². The van der Waals surface area contributed by atoms with Gasteiger partial charge in [-0.3, -0.25) is 9.69 Å². The summed E-state index contributed by atoms with van der Waals surface area (Å²) in [7, 11) is 0. The van der Waals surface area contributed by atoms with Crippen molar-refractivity contribution in [3.8, 4) is 0 Å². The first-order chi connectivity index (χ1) is 8.00. The number of nitrogens with zero attached hydrogens (tertiary/aromatic N) is 1. The molecule has 2 atom stereocenters. The number of hydrogen-bond acceptors (Lipinski definition) is 3. The molecule has 1 aliphatic heterocycles. The molecule has 2 heterocycles. The summed E-state index contributed by atoms with van der Waals surface area (Å²) in [4.78, 5) is 26.7. The number of likely N-dealkylation sites (tertiary alicyclic amines) is 1. The molecular weight excluding hydrogens is 292 g/mol. The Kier molecular flexibility index (Phi) is 3.21. The second-order valence-electron chi connectivity index (χ2n) is 3.93. The van der Waals surface area contributed by atoms with E-state index in [-0.39, 0.29) is 18.4 Å². The predicted molar refractivity (Wildman–Crippen MR) is 62.9 cm³/mol. The highest BCUT2D eigenvalue weighted by atomic mass is 79.9. The van der Waals surface area contributed by atoms with Crippen molar-refractivity contribution in [3.63, 3.8) is 0 Å². The largest absolute Gasteiger partial charge is 0.465 e. The highest BCUT2D eigenvalue weighted by Crippen LogP contribution is 2.30. The number of aromatic nitrogens is 1. The zero-order valence-electron chi connectivity index (χ0n) is 8.76. The van der Waals surface area contributed by atoms with E-state index in [0.29, 0.717) is 10.0 Å². The van der Waals surface area contributed by atoms with Gasteiger partial charge in [-0.05, 0) is 22.4 Å². The van der Waals surface area contributed by atoms with Crippen LogP contribution in [0.15, 0.2) is 21.7 Å². The Hall–Kier alpha value is -1.34. The zero-order chi connectivity index (χ0) is 12.6. The van der Waals surface area contributed by atoms with E-state index in [0.717, 1.165) is 4.90 Å². The molecule has 2 rings (SSSR count). The van der Waals surface area contributed by atoms with Gasteiger partial charge in [0.05, 0.1) is 23.2 Å². The molecule has 7 heteroatoms. The number of aliphatic hydroxyl groups is 1. The fraction of sp³-hybridized carbons (Fsp3) is 0.400. The fourth-order valence-corrected chi connectivity index (χ4v) is 2.40. The lowest BCUT2D eigenvalue weighted by Gasteiger charge is -2.20. The lowest BCUT2D eigenvalue weighted by molar-refractivity contribution is 0.131. The molecule has 0 unspecified atom stereocenters. The average molecular weight is 303 g/mol. The predicted octanol–water partition coefficient (Wildman–Crippen LogP) is 0.923. The number of carboxylic acid groups (broad SMARTS) is 1. The van der Waals surface area contributed by atoms with Crippen molar-refractivity contribution < 1.29 is 15.0 Å². The van der Waals surface area contributed by atoms with Crippen LogP contribution in [0.2, 0.25) is 0 Å². The van der Waals surface area contributed by atoms with E-state index < -0.39 is 18.2 Å². The fourth-order valence-electron chi connectivity index (χ4n) is 2.04. The number of nitrogens with one attached hydrogen (secondary N) is 1. The summed E-state index contributed by atoms with van der Waals surface area (Å²) in [5.74, 6) is 0. The van der Waals surface area contributed by atoms with Crippen LogP contribution in [0.5, 0.6) is 0 Å². The van der Waals surface area contributed by atoms with Gasteiger partial charge in [0.1, 0.15) is 0 Å². The molecule has 6 nitrogen and oxygen atoms in total. The Bertz CT molecular complexity index is 501. The molecule has 3 N–H and O–H groups in total. The number of aliphatic hydroxyl groups excluding tert-OH is 1. The van der Waals surface area contributed by atoms with E-state index in [1.54, 1.807) is 0 Å². The van der Waals surface area contributed by atoms with Gasteiger partial charge >= 0.3 is 6.09 Å². The quantitative estimate of drug-likeness (QED) is 0.719. The molecule has 0 saturated carbocycles. The van der Waals surface area contributed by atoms with Crippen LogP contribution in [0.25, 0.3) is 0 Å². The van der Waals surface area contributed by atoms with E-state index in [4.69, 9.17) is 5.11 Å². The highest BCUT2D eigenvalue weighted by Gasteiger charge is 2.36. The van der Waals surface area contributed by atoms with E-state index in [2.05, 4.69) is 20.9 Å². The minimum atomic E-state index is -1.13. The standard InChI is InChI=1S/C10H11BrN2O4/c11-7-3-12-2-6(9(7)15)8-1-5(14)4-13(8)10(16)17/h2-3,5,8,14H,1,4H2,(H,12,15)(H,16,17)/t5-,8+/m1/s1. The monoisotopic (exact) mass is 302 g/mol. The normalized spacial score (nSPS) is 24.0. The molecule has 92 valence electrons. The van der Waals surface area contributed by atoms with Crippen LogP contribution >= 0.6 is 15.9 Å². The van der Waals surface area contributed by atoms with Crippen LogP contribution in [-0.2, 0) is 0 Å². The SMILES string of the molecule is O=C(O)N1C[C@H](O)C[C@H]1c1c[nH]cc(Br)c1=O. The number of H-pyrrole nitrogens is 1. The van der Waals surface area contributed by atoms with Crippen LogP contribution < -0.4 is 5.43 Å². The number of aromatic amines is 1. The second kappa shape index (κ2) is 4.50. The Morgan fingerprint density at radius 2 is 2.24 bits per heavy atom. The summed E-state index contributed by atoms with van der Waals surface area (Å²) in [6.07, 6.45) is 1.35. The Labute approximate surface area is 105 Å². The van der Waals surface area contributed by atoms with Crippen LogP contribution in [0.4, 0.5) is 4.79 Å². The molecule has 0 aliphatic carbocycles. The molecule has 1 saturated heterocycles. The highest BCUT2D eigenvalue weighted by molar-refractivity contribution is 9.10. The minimum Gasteiger partial charge on any atom is -0.465 e. The summed E-state index contributed by atoms with van der Waals surface area (Å²) >= 11 is 3.09. The first-order valence-electron chi connectivity index (χ1n) is 5.05. The summed E-state index contributed by atoms with van der Waals surface area (Å²) in [6, 6.07) is -0.594. The minimum absolute atomic E-state index is 0.0337. The zero-order valence-corrected chi connectivity index (χ0v) is 10.3. The topological polar surface area (TPSA) is 93.6 Å². The van der Waals surface area contributed by atoms with Gasteiger partial charge in [0.15, 0.2) is 0 Å². The van der Waals surface area contributed by atoms with Crippen LogP contribution in [-0.4, -0.2) is 38.8 Å². The lowest BCUT2D eigenvalue weighted by atomic mass is 10.1. The van der Waals surface area contributed by atoms with Gasteiger partial charge in [0, 0.05) is 18.0 Å². The molecular formula is C10H11BrN2O4. The van der Waals surface area contributed by atoms with Crippen molar-refractivity contribution in [1.29, 1.82) is 0 Å². The van der Waals surface area contributed by atoms with Gasteiger partial charge < -0.3 is 15.2 Å². The molecule has 1 aromatic heterocycles. The molecule has 1 aliphatic rings.